The molecule has 110 valence electrons. The molecule has 0 radical (unpaired) electrons. The van der Waals surface area contributed by atoms with Gasteiger partial charge in [-0.25, -0.2) is 15.8 Å². The summed E-state index contributed by atoms with van der Waals surface area (Å²) in [5.74, 6) is 8.79. The molecule has 0 bridgehead atoms. The molecule has 1 aromatic heterocycles. The van der Waals surface area contributed by atoms with Crippen molar-refractivity contribution in [1.82, 2.24) is 9.97 Å². The fourth-order valence-corrected chi connectivity index (χ4v) is 3.46. The van der Waals surface area contributed by atoms with E-state index in [1.165, 1.54) is 0 Å². The van der Waals surface area contributed by atoms with E-state index in [2.05, 4.69) is 10.4 Å². The molecule has 6 heteroatoms. The fraction of sp³-hybridized carbons (Fsp3) is 0.333. The average Bonchev–Trinajstić information content (AvgIpc) is 3.01. The summed E-state index contributed by atoms with van der Waals surface area (Å²) in [7, 11) is 0. The van der Waals surface area contributed by atoms with Gasteiger partial charge in [0.25, 0.3) is 0 Å². The maximum absolute atomic E-state index is 5.87. The Labute approximate surface area is 128 Å². The standard InChI is InChI=1S/C15H18N4OS/c1-2-20-13(10-6-4-3-5-7-10)15-17-12-9-21-8-11(12)14(18-15)19-16/h3-7,13H,2,8-9,16H2,1H3,(H,17,18,19). The number of ether oxygens (including phenoxy) is 1. The first kappa shape index (κ1) is 14.3. The second kappa shape index (κ2) is 6.43. The summed E-state index contributed by atoms with van der Waals surface area (Å²) in [5.41, 5.74) is 5.91. The van der Waals surface area contributed by atoms with Crippen LogP contribution in [-0.4, -0.2) is 16.6 Å². The van der Waals surface area contributed by atoms with Crippen molar-refractivity contribution < 1.29 is 4.74 Å². The van der Waals surface area contributed by atoms with E-state index in [0.29, 0.717) is 18.2 Å². The van der Waals surface area contributed by atoms with Crippen molar-refractivity contribution in [3.05, 3.63) is 53.0 Å². The van der Waals surface area contributed by atoms with Gasteiger partial charge < -0.3 is 10.2 Å². The zero-order valence-electron chi connectivity index (χ0n) is 11.9. The van der Waals surface area contributed by atoms with Crippen LogP contribution in [0.5, 0.6) is 0 Å². The summed E-state index contributed by atoms with van der Waals surface area (Å²) in [6, 6.07) is 10.0. The van der Waals surface area contributed by atoms with Crippen LogP contribution in [0.15, 0.2) is 30.3 Å². The normalized spacial score (nSPS) is 14.8. The van der Waals surface area contributed by atoms with E-state index < -0.39 is 0 Å². The lowest BCUT2D eigenvalue weighted by atomic mass is 10.1. The van der Waals surface area contributed by atoms with Crippen LogP contribution >= 0.6 is 11.8 Å². The molecular weight excluding hydrogens is 284 g/mol. The third-order valence-electron chi connectivity index (χ3n) is 3.40. The molecule has 0 spiro atoms. The van der Waals surface area contributed by atoms with Gasteiger partial charge in [0.05, 0.1) is 5.69 Å². The maximum Gasteiger partial charge on any atom is 0.164 e. The molecule has 3 N–H and O–H groups in total. The summed E-state index contributed by atoms with van der Waals surface area (Å²) in [6.07, 6.45) is -0.265. The molecule has 1 aromatic carbocycles. The fourth-order valence-electron chi connectivity index (χ4n) is 2.42. The molecule has 0 saturated heterocycles. The Morgan fingerprint density at radius 3 is 2.81 bits per heavy atom. The van der Waals surface area contributed by atoms with Crippen molar-refractivity contribution in [2.75, 3.05) is 12.0 Å². The summed E-state index contributed by atoms with van der Waals surface area (Å²) >= 11 is 1.82. The van der Waals surface area contributed by atoms with Gasteiger partial charge in [-0.2, -0.15) is 11.8 Å². The van der Waals surface area contributed by atoms with Crippen molar-refractivity contribution in [3.8, 4) is 0 Å². The van der Waals surface area contributed by atoms with Crippen molar-refractivity contribution in [2.24, 2.45) is 5.84 Å². The van der Waals surface area contributed by atoms with E-state index in [-0.39, 0.29) is 6.10 Å². The van der Waals surface area contributed by atoms with Crippen LogP contribution in [0, 0.1) is 0 Å². The molecule has 3 rings (SSSR count). The lowest BCUT2D eigenvalue weighted by Gasteiger charge is -2.18. The van der Waals surface area contributed by atoms with Crippen molar-refractivity contribution >= 4 is 17.6 Å². The number of hydrogen-bond donors (Lipinski definition) is 2. The highest BCUT2D eigenvalue weighted by atomic mass is 32.2. The molecule has 1 aliphatic heterocycles. The number of rotatable bonds is 5. The summed E-state index contributed by atoms with van der Waals surface area (Å²) in [4.78, 5) is 9.28. The highest BCUT2D eigenvalue weighted by molar-refractivity contribution is 7.98. The predicted octanol–water partition coefficient (Wildman–Crippen LogP) is 2.63. The van der Waals surface area contributed by atoms with Crippen LogP contribution in [0.2, 0.25) is 0 Å². The number of benzene rings is 1. The number of nitrogen functional groups attached to an aromatic ring is 1. The van der Waals surface area contributed by atoms with Gasteiger partial charge in [-0.3, -0.25) is 0 Å². The molecule has 1 aliphatic rings. The van der Waals surface area contributed by atoms with Crippen LogP contribution in [0.25, 0.3) is 0 Å². The van der Waals surface area contributed by atoms with E-state index in [9.17, 15) is 0 Å². The molecule has 0 saturated carbocycles. The largest absolute Gasteiger partial charge is 0.366 e. The Bertz CT molecular complexity index is 621. The molecule has 2 heterocycles. The van der Waals surface area contributed by atoms with Gasteiger partial charge in [-0.05, 0) is 12.5 Å². The first-order valence-corrected chi connectivity index (χ1v) is 8.09. The number of hydrogen-bond acceptors (Lipinski definition) is 6. The molecular formula is C15H18N4OS. The lowest BCUT2D eigenvalue weighted by Crippen LogP contribution is -2.17. The SMILES string of the molecule is CCOC(c1ccccc1)c1nc2c(c(NN)n1)CSC2. The Kier molecular flexibility index (Phi) is 4.38. The average molecular weight is 302 g/mol. The minimum atomic E-state index is -0.265. The first-order valence-electron chi connectivity index (χ1n) is 6.94. The number of hydrazine groups is 1. The summed E-state index contributed by atoms with van der Waals surface area (Å²) in [6.45, 7) is 2.57. The second-order valence-electron chi connectivity index (χ2n) is 4.74. The second-order valence-corrected chi connectivity index (χ2v) is 5.72. The van der Waals surface area contributed by atoms with Gasteiger partial charge in [0.2, 0.25) is 0 Å². The number of aromatic nitrogens is 2. The Morgan fingerprint density at radius 2 is 2.10 bits per heavy atom. The van der Waals surface area contributed by atoms with E-state index in [1.54, 1.807) is 0 Å². The van der Waals surface area contributed by atoms with Gasteiger partial charge >= 0.3 is 0 Å². The van der Waals surface area contributed by atoms with Crippen LogP contribution in [-0.2, 0) is 16.2 Å². The van der Waals surface area contributed by atoms with Crippen LogP contribution in [0.4, 0.5) is 5.82 Å². The van der Waals surface area contributed by atoms with Crippen LogP contribution in [0.1, 0.15) is 35.7 Å². The Hall–Kier alpha value is -1.63. The maximum atomic E-state index is 5.87. The zero-order valence-corrected chi connectivity index (χ0v) is 12.7. The molecule has 0 amide bonds. The number of anilines is 1. The zero-order chi connectivity index (χ0) is 14.7. The summed E-state index contributed by atoms with van der Waals surface area (Å²) < 4.78 is 5.87. The van der Waals surface area contributed by atoms with Crippen molar-refractivity contribution in [2.45, 2.75) is 24.5 Å². The number of nitrogens with one attached hydrogen (secondary N) is 1. The van der Waals surface area contributed by atoms with Crippen molar-refractivity contribution in [3.63, 3.8) is 0 Å². The van der Waals surface area contributed by atoms with Crippen LogP contribution in [0.3, 0.4) is 0 Å². The smallest absolute Gasteiger partial charge is 0.164 e. The van der Waals surface area contributed by atoms with E-state index in [4.69, 9.17) is 15.6 Å². The Balaban J connectivity index is 2.04. The summed E-state index contributed by atoms with van der Waals surface area (Å²) in [5, 5.41) is 0. The highest BCUT2D eigenvalue weighted by Crippen LogP contribution is 2.34. The highest BCUT2D eigenvalue weighted by Gasteiger charge is 2.24. The first-order chi connectivity index (χ1) is 10.3. The van der Waals surface area contributed by atoms with Crippen molar-refractivity contribution in [1.29, 1.82) is 0 Å². The molecule has 21 heavy (non-hydrogen) atoms. The van der Waals surface area contributed by atoms with Gasteiger partial charge in [-0.1, -0.05) is 30.3 Å². The molecule has 0 aliphatic carbocycles. The third kappa shape index (κ3) is 2.88. The molecule has 1 unspecified atom stereocenters. The monoisotopic (exact) mass is 302 g/mol. The van der Waals surface area contributed by atoms with Gasteiger partial charge in [-0.15, -0.1) is 0 Å². The molecule has 0 fully saturated rings. The van der Waals surface area contributed by atoms with Gasteiger partial charge in [0.1, 0.15) is 11.9 Å². The lowest BCUT2D eigenvalue weighted by molar-refractivity contribution is 0.0851. The number of nitrogens with zero attached hydrogens (tertiary/aromatic N) is 2. The number of fused-ring (bicyclic) bond motifs is 1. The quantitative estimate of drug-likeness (QED) is 0.653. The van der Waals surface area contributed by atoms with E-state index >= 15 is 0 Å². The van der Waals surface area contributed by atoms with E-state index in [0.717, 1.165) is 28.3 Å². The van der Waals surface area contributed by atoms with Gasteiger partial charge in [0.15, 0.2) is 5.82 Å². The Morgan fingerprint density at radius 1 is 1.29 bits per heavy atom. The topological polar surface area (TPSA) is 73.1 Å². The minimum Gasteiger partial charge on any atom is -0.366 e. The predicted molar refractivity (Wildman–Crippen MR) is 84.8 cm³/mol. The van der Waals surface area contributed by atoms with Crippen LogP contribution < -0.4 is 11.3 Å². The molecule has 5 nitrogen and oxygen atoms in total. The number of thioether (sulfide) groups is 1. The third-order valence-corrected chi connectivity index (χ3v) is 4.37. The number of nitrogens with two attached hydrogens (primary N) is 1. The van der Waals surface area contributed by atoms with Gasteiger partial charge in [0, 0.05) is 23.7 Å². The molecule has 2 aromatic rings. The van der Waals surface area contributed by atoms with E-state index in [1.807, 2.05) is 49.0 Å². The molecule has 1 atom stereocenters. The minimum absolute atomic E-state index is 0.265.